The highest BCUT2D eigenvalue weighted by molar-refractivity contribution is 5.82. The zero-order valence-electron chi connectivity index (χ0n) is 13.4. The van der Waals surface area contributed by atoms with Crippen LogP contribution in [0.5, 0.6) is 5.75 Å². The van der Waals surface area contributed by atoms with E-state index in [0.29, 0.717) is 13.0 Å². The van der Waals surface area contributed by atoms with E-state index in [1.165, 1.54) is 0 Å². The number of hydrogen-bond donors (Lipinski definition) is 2. The number of phenols is 1. The minimum absolute atomic E-state index is 0.0278. The maximum Gasteiger partial charge on any atom is 0.240 e. The van der Waals surface area contributed by atoms with Gasteiger partial charge in [0.2, 0.25) is 5.91 Å². The van der Waals surface area contributed by atoms with Crippen LogP contribution in [0.4, 0.5) is 0 Å². The van der Waals surface area contributed by atoms with Gasteiger partial charge in [0.25, 0.3) is 0 Å². The molecule has 0 saturated carbocycles. The number of nitrogens with two attached hydrogens (primary N) is 1. The fraction of sp³-hybridized carbons (Fsp3) is 0.562. The van der Waals surface area contributed by atoms with E-state index >= 15 is 0 Å². The molecule has 118 valence electrons. The van der Waals surface area contributed by atoms with Crippen LogP contribution in [0, 0.1) is 0 Å². The Balaban J connectivity index is 2.68. The molecule has 0 fully saturated rings. The molecular formula is C16H27N3O2. The van der Waals surface area contributed by atoms with E-state index in [1.807, 2.05) is 32.8 Å². The Hall–Kier alpha value is -1.59. The molecule has 0 aliphatic heterocycles. The van der Waals surface area contributed by atoms with E-state index in [1.54, 1.807) is 24.3 Å². The summed E-state index contributed by atoms with van der Waals surface area (Å²) in [5.41, 5.74) is 7.01. The van der Waals surface area contributed by atoms with Crippen molar-refractivity contribution < 1.29 is 9.90 Å². The summed E-state index contributed by atoms with van der Waals surface area (Å²) < 4.78 is 0. The number of benzene rings is 1. The summed E-state index contributed by atoms with van der Waals surface area (Å²) in [7, 11) is 3.98. The number of aromatic hydroxyl groups is 1. The van der Waals surface area contributed by atoms with Crippen molar-refractivity contribution in [2.24, 2.45) is 5.73 Å². The third-order valence-corrected chi connectivity index (χ3v) is 3.49. The lowest BCUT2D eigenvalue weighted by molar-refractivity contribution is -0.134. The van der Waals surface area contributed by atoms with Gasteiger partial charge in [-0.05, 0) is 52.1 Å². The Morgan fingerprint density at radius 2 is 1.86 bits per heavy atom. The van der Waals surface area contributed by atoms with Crippen LogP contribution < -0.4 is 5.73 Å². The Bertz CT molecular complexity index is 445. The SMILES string of the molecule is CCN(C(=O)[C@H](N)Cc1ccc(O)cc1)C(C)CN(C)C. The standard InChI is InChI=1S/C16H27N3O2/c1-5-19(12(2)11-18(3)4)16(21)15(17)10-13-6-8-14(20)9-7-13/h6-9,12,15,20H,5,10-11,17H2,1-4H3/t12?,15-/m1/s1. The number of carbonyl (C=O) groups excluding carboxylic acids is 1. The van der Waals surface area contributed by atoms with Crippen molar-refractivity contribution in [3.8, 4) is 5.75 Å². The van der Waals surface area contributed by atoms with Gasteiger partial charge in [0.15, 0.2) is 0 Å². The first-order valence-electron chi connectivity index (χ1n) is 7.33. The van der Waals surface area contributed by atoms with Crippen LogP contribution in [-0.4, -0.2) is 60.1 Å². The summed E-state index contributed by atoms with van der Waals surface area (Å²) in [5.74, 6) is 0.188. The molecule has 0 spiro atoms. The quantitative estimate of drug-likeness (QED) is 0.789. The molecule has 1 aromatic carbocycles. The fourth-order valence-corrected chi connectivity index (χ4v) is 2.50. The third-order valence-electron chi connectivity index (χ3n) is 3.49. The van der Waals surface area contributed by atoms with Gasteiger partial charge < -0.3 is 20.6 Å². The second kappa shape index (κ2) is 8.00. The molecule has 2 atom stereocenters. The lowest BCUT2D eigenvalue weighted by atomic mass is 10.0. The number of rotatable bonds is 7. The Labute approximate surface area is 127 Å². The summed E-state index contributed by atoms with van der Waals surface area (Å²) in [5, 5.41) is 9.27. The lowest BCUT2D eigenvalue weighted by Gasteiger charge is -2.32. The first-order chi connectivity index (χ1) is 9.85. The van der Waals surface area contributed by atoms with Gasteiger partial charge in [0, 0.05) is 19.1 Å². The van der Waals surface area contributed by atoms with Crippen molar-refractivity contribution in [2.45, 2.75) is 32.4 Å². The van der Waals surface area contributed by atoms with Crippen molar-refractivity contribution in [1.82, 2.24) is 9.80 Å². The number of phenolic OH excluding ortho intramolecular Hbond substituents is 1. The molecular weight excluding hydrogens is 266 g/mol. The topological polar surface area (TPSA) is 69.8 Å². The molecule has 0 saturated heterocycles. The monoisotopic (exact) mass is 293 g/mol. The van der Waals surface area contributed by atoms with Crippen molar-refractivity contribution in [1.29, 1.82) is 0 Å². The molecule has 0 aliphatic carbocycles. The van der Waals surface area contributed by atoms with Crippen molar-refractivity contribution >= 4 is 5.91 Å². The number of hydrogen-bond acceptors (Lipinski definition) is 4. The summed E-state index contributed by atoms with van der Waals surface area (Å²) in [6, 6.07) is 6.38. The molecule has 1 rings (SSSR count). The first kappa shape index (κ1) is 17.5. The highest BCUT2D eigenvalue weighted by atomic mass is 16.3. The lowest BCUT2D eigenvalue weighted by Crippen LogP contribution is -2.51. The van der Waals surface area contributed by atoms with Crippen LogP contribution in [0.1, 0.15) is 19.4 Å². The Morgan fingerprint density at radius 1 is 1.29 bits per heavy atom. The van der Waals surface area contributed by atoms with Crippen molar-refractivity contribution in [3.63, 3.8) is 0 Å². The average molecular weight is 293 g/mol. The second-order valence-corrected chi connectivity index (χ2v) is 5.71. The minimum atomic E-state index is -0.556. The maximum absolute atomic E-state index is 12.5. The fourth-order valence-electron chi connectivity index (χ4n) is 2.50. The van der Waals surface area contributed by atoms with E-state index in [-0.39, 0.29) is 17.7 Å². The van der Waals surface area contributed by atoms with E-state index in [4.69, 9.17) is 5.73 Å². The molecule has 1 unspecified atom stereocenters. The first-order valence-corrected chi connectivity index (χ1v) is 7.33. The van der Waals surface area contributed by atoms with Gasteiger partial charge in [-0.25, -0.2) is 0 Å². The molecule has 5 heteroatoms. The molecule has 3 N–H and O–H groups in total. The summed E-state index contributed by atoms with van der Waals surface area (Å²) in [6.07, 6.45) is 0.476. The van der Waals surface area contributed by atoms with Crippen LogP contribution in [0.3, 0.4) is 0 Å². The molecule has 0 aliphatic rings. The van der Waals surface area contributed by atoms with Crippen LogP contribution >= 0.6 is 0 Å². The maximum atomic E-state index is 12.5. The van der Waals surface area contributed by atoms with E-state index in [0.717, 1.165) is 12.1 Å². The van der Waals surface area contributed by atoms with Crippen molar-refractivity contribution in [3.05, 3.63) is 29.8 Å². The zero-order chi connectivity index (χ0) is 16.0. The molecule has 1 amide bonds. The summed E-state index contributed by atoms with van der Waals surface area (Å²) >= 11 is 0. The minimum Gasteiger partial charge on any atom is -0.508 e. The van der Waals surface area contributed by atoms with E-state index in [2.05, 4.69) is 4.90 Å². The normalized spacial score (nSPS) is 14.0. The number of nitrogens with zero attached hydrogens (tertiary/aromatic N) is 2. The third kappa shape index (κ3) is 5.36. The van der Waals surface area contributed by atoms with Gasteiger partial charge in [-0.15, -0.1) is 0 Å². The number of likely N-dealkylation sites (N-methyl/N-ethyl adjacent to an activating group) is 2. The van der Waals surface area contributed by atoms with Crippen LogP contribution in [-0.2, 0) is 11.2 Å². The average Bonchev–Trinajstić information content (AvgIpc) is 2.41. The summed E-state index contributed by atoms with van der Waals surface area (Å²) in [6.45, 7) is 5.47. The largest absolute Gasteiger partial charge is 0.508 e. The molecule has 0 aromatic heterocycles. The predicted molar refractivity (Wildman–Crippen MR) is 85.2 cm³/mol. The summed E-state index contributed by atoms with van der Waals surface area (Å²) in [4.78, 5) is 16.4. The molecule has 21 heavy (non-hydrogen) atoms. The molecule has 0 heterocycles. The number of amides is 1. The molecule has 0 bridgehead atoms. The van der Waals surface area contributed by atoms with E-state index in [9.17, 15) is 9.90 Å². The Morgan fingerprint density at radius 3 is 2.33 bits per heavy atom. The molecule has 0 radical (unpaired) electrons. The van der Waals surface area contributed by atoms with Gasteiger partial charge in [-0.1, -0.05) is 12.1 Å². The van der Waals surface area contributed by atoms with Gasteiger partial charge in [0.05, 0.1) is 6.04 Å². The van der Waals surface area contributed by atoms with E-state index < -0.39 is 6.04 Å². The van der Waals surface area contributed by atoms with Crippen molar-refractivity contribution in [2.75, 3.05) is 27.2 Å². The Kier molecular flexibility index (Phi) is 6.65. The highest BCUT2D eigenvalue weighted by Gasteiger charge is 2.24. The second-order valence-electron chi connectivity index (χ2n) is 5.71. The number of carbonyl (C=O) groups is 1. The highest BCUT2D eigenvalue weighted by Crippen LogP contribution is 2.12. The zero-order valence-corrected chi connectivity index (χ0v) is 13.4. The molecule has 1 aromatic rings. The van der Waals surface area contributed by atoms with Crippen LogP contribution in [0.15, 0.2) is 24.3 Å². The van der Waals surface area contributed by atoms with Gasteiger partial charge in [-0.2, -0.15) is 0 Å². The van der Waals surface area contributed by atoms with Crippen LogP contribution in [0.25, 0.3) is 0 Å². The van der Waals surface area contributed by atoms with Crippen LogP contribution in [0.2, 0.25) is 0 Å². The van der Waals surface area contributed by atoms with Gasteiger partial charge in [-0.3, -0.25) is 4.79 Å². The predicted octanol–water partition coefficient (Wildman–Crippen LogP) is 1.06. The van der Waals surface area contributed by atoms with Gasteiger partial charge in [0.1, 0.15) is 5.75 Å². The molecule has 5 nitrogen and oxygen atoms in total. The van der Waals surface area contributed by atoms with Gasteiger partial charge >= 0.3 is 0 Å². The smallest absolute Gasteiger partial charge is 0.240 e.